The minimum absolute atomic E-state index is 0.0584. The summed E-state index contributed by atoms with van der Waals surface area (Å²) in [6.45, 7) is 11.5. The van der Waals surface area contributed by atoms with Gasteiger partial charge in [0.1, 0.15) is 5.82 Å². The Bertz CT molecular complexity index is 360. The lowest BCUT2D eigenvalue weighted by atomic mass is 10.0. The fourth-order valence-corrected chi connectivity index (χ4v) is 1.38. The highest BCUT2D eigenvalue weighted by Crippen LogP contribution is 2.17. The van der Waals surface area contributed by atoms with Crippen LogP contribution in [0.25, 0.3) is 0 Å². The number of aryl methyl sites for hydroxylation is 1. The fourth-order valence-electron chi connectivity index (χ4n) is 1.38. The van der Waals surface area contributed by atoms with Crippen LogP contribution < -0.4 is 10.6 Å². The van der Waals surface area contributed by atoms with Crippen LogP contribution in [0.4, 0.5) is 11.8 Å². The van der Waals surface area contributed by atoms with Crippen molar-refractivity contribution in [3.63, 3.8) is 0 Å². The second-order valence-corrected chi connectivity index (χ2v) is 5.01. The first-order valence-corrected chi connectivity index (χ1v) is 6.34. The molecule has 0 radical (unpaired) electrons. The van der Waals surface area contributed by atoms with E-state index in [1.54, 1.807) is 0 Å². The van der Waals surface area contributed by atoms with Crippen molar-refractivity contribution in [1.82, 2.24) is 9.97 Å². The third kappa shape index (κ3) is 4.59. The molecule has 0 aliphatic heterocycles. The van der Waals surface area contributed by atoms with Gasteiger partial charge in [-0.3, -0.25) is 0 Å². The molecule has 0 amide bonds. The molecule has 0 aromatic carbocycles. The number of anilines is 2. The lowest BCUT2D eigenvalue weighted by Crippen LogP contribution is -2.30. The molecule has 0 fully saturated rings. The molecule has 1 heterocycles. The van der Waals surface area contributed by atoms with Gasteiger partial charge < -0.3 is 10.6 Å². The molecular formula is C13H24N4. The Hall–Kier alpha value is -1.32. The number of nitrogens with zero attached hydrogens (tertiary/aromatic N) is 2. The van der Waals surface area contributed by atoms with E-state index in [4.69, 9.17) is 0 Å². The molecule has 0 unspecified atom stereocenters. The molecule has 96 valence electrons. The van der Waals surface area contributed by atoms with Gasteiger partial charge in [0, 0.05) is 23.8 Å². The number of hydrogen-bond acceptors (Lipinski definition) is 4. The first kappa shape index (κ1) is 13.7. The van der Waals surface area contributed by atoms with Crippen LogP contribution in [0.1, 0.15) is 46.2 Å². The van der Waals surface area contributed by atoms with Crippen LogP contribution in [0.2, 0.25) is 0 Å². The van der Waals surface area contributed by atoms with Gasteiger partial charge in [0.05, 0.1) is 0 Å². The van der Waals surface area contributed by atoms with Gasteiger partial charge in [-0.1, -0.05) is 13.8 Å². The zero-order valence-corrected chi connectivity index (χ0v) is 11.6. The van der Waals surface area contributed by atoms with Crippen LogP contribution in [0.5, 0.6) is 0 Å². The molecule has 2 N–H and O–H groups in total. The first-order valence-electron chi connectivity index (χ1n) is 6.34. The molecule has 1 aromatic rings. The summed E-state index contributed by atoms with van der Waals surface area (Å²) >= 11 is 0. The maximum atomic E-state index is 4.47. The Morgan fingerprint density at radius 1 is 1.24 bits per heavy atom. The summed E-state index contributed by atoms with van der Waals surface area (Å²) in [7, 11) is 0. The molecule has 1 rings (SSSR count). The van der Waals surface area contributed by atoms with E-state index in [1.807, 2.05) is 13.0 Å². The van der Waals surface area contributed by atoms with E-state index in [0.29, 0.717) is 5.95 Å². The molecule has 17 heavy (non-hydrogen) atoms. The average molecular weight is 236 g/mol. The third-order valence-corrected chi connectivity index (χ3v) is 2.74. The van der Waals surface area contributed by atoms with E-state index >= 15 is 0 Å². The Morgan fingerprint density at radius 2 is 1.94 bits per heavy atom. The Kier molecular flexibility index (Phi) is 4.73. The molecule has 0 saturated carbocycles. The largest absolute Gasteiger partial charge is 0.365 e. The minimum Gasteiger partial charge on any atom is -0.365 e. The number of rotatable bonds is 6. The second-order valence-electron chi connectivity index (χ2n) is 5.01. The van der Waals surface area contributed by atoms with Crippen molar-refractivity contribution in [2.45, 2.75) is 53.0 Å². The zero-order valence-electron chi connectivity index (χ0n) is 11.6. The lowest BCUT2D eigenvalue weighted by molar-refractivity contribution is 0.545. The Labute approximate surface area is 104 Å². The predicted molar refractivity (Wildman–Crippen MR) is 73.5 cm³/mol. The van der Waals surface area contributed by atoms with Crippen molar-refractivity contribution in [3.05, 3.63) is 11.8 Å². The number of hydrogen-bond donors (Lipinski definition) is 2. The number of nitrogens with one attached hydrogen (secondary N) is 2. The van der Waals surface area contributed by atoms with Crippen molar-refractivity contribution in [3.8, 4) is 0 Å². The van der Waals surface area contributed by atoms with Gasteiger partial charge in [0.25, 0.3) is 0 Å². The summed E-state index contributed by atoms with van der Waals surface area (Å²) in [6, 6.07) is 1.98. The molecule has 0 bridgehead atoms. The fraction of sp³-hybridized carbons (Fsp3) is 0.692. The van der Waals surface area contributed by atoms with Crippen molar-refractivity contribution >= 4 is 11.8 Å². The Morgan fingerprint density at radius 3 is 2.53 bits per heavy atom. The number of aromatic nitrogens is 2. The van der Waals surface area contributed by atoms with Crippen LogP contribution in [0.15, 0.2) is 6.07 Å². The summed E-state index contributed by atoms with van der Waals surface area (Å²) in [5, 5.41) is 6.65. The molecule has 4 heteroatoms. The molecule has 0 spiro atoms. The van der Waals surface area contributed by atoms with Crippen LogP contribution in [-0.4, -0.2) is 22.1 Å². The molecule has 0 aliphatic rings. The van der Waals surface area contributed by atoms with E-state index in [1.165, 1.54) is 0 Å². The average Bonchev–Trinajstić information content (AvgIpc) is 2.25. The van der Waals surface area contributed by atoms with E-state index in [9.17, 15) is 0 Å². The molecule has 0 saturated heterocycles. The second kappa shape index (κ2) is 5.84. The van der Waals surface area contributed by atoms with Gasteiger partial charge in [0.2, 0.25) is 5.95 Å². The lowest BCUT2D eigenvalue weighted by Gasteiger charge is -2.25. The standard InChI is InChI=1S/C13H24N4/c1-6-8-14-12-15-10(3)9-11(16-12)17-13(4,5)7-2/h9H,6-8H2,1-5H3,(H2,14,15,16,17). The topological polar surface area (TPSA) is 49.8 Å². The van der Waals surface area contributed by atoms with Crippen molar-refractivity contribution in [2.24, 2.45) is 0 Å². The molecular weight excluding hydrogens is 212 g/mol. The maximum Gasteiger partial charge on any atom is 0.224 e. The van der Waals surface area contributed by atoms with E-state index < -0.39 is 0 Å². The predicted octanol–water partition coefficient (Wildman–Crippen LogP) is 3.21. The van der Waals surface area contributed by atoms with Crippen LogP contribution in [0.3, 0.4) is 0 Å². The van der Waals surface area contributed by atoms with Gasteiger partial charge in [-0.15, -0.1) is 0 Å². The normalized spacial score (nSPS) is 11.4. The van der Waals surface area contributed by atoms with Crippen molar-refractivity contribution in [1.29, 1.82) is 0 Å². The van der Waals surface area contributed by atoms with Gasteiger partial charge in [0.15, 0.2) is 0 Å². The third-order valence-electron chi connectivity index (χ3n) is 2.74. The van der Waals surface area contributed by atoms with Gasteiger partial charge in [-0.05, 0) is 33.6 Å². The summed E-state index contributed by atoms with van der Waals surface area (Å²) in [6.07, 6.45) is 2.12. The summed E-state index contributed by atoms with van der Waals surface area (Å²) in [4.78, 5) is 8.84. The van der Waals surface area contributed by atoms with Crippen LogP contribution >= 0.6 is 0 Å². The summed E-state index contributed by atoms with van der Waals surface area (Å²) in [5.41, 5.74) is 1.04. The van der Waals surface area contributed by atoms with Crippen LogP contribution in [-0.2, 0) is 0 Å². The van der Waals surface area contributed by atoms with Gasteiger partial charge in [-0.25, -0.2) is 4.98 Å². The van der Waals surface area contributed by atoms with E-state index in [-0.39, 0.29) is 5.54 Å². The van der Waals surface area contributed by atoms with E-state index in [2.05, 4.69) is 48.3 Å². The molecule has 0 aliphatic carbocycles. The summed E-state index contributed by atoms with van der Waals surface area (Å²) in [5.74, 6) is 1.60. The quantitative estimate of drug-likeness (QED) is 0.796. The Balaban J connectivity index is 2.82. The summed E-state index contributed by atoms with van der Waals surface area (Å²) < 4.78 is 0. The molecule has 1 aromatic heterocycles. The van der Waals surface area contributed by atoms with E-state index in [0.717, 1.165) is 30.9 Å². The highest BCUT2D eigenvalue weighted by Gasteiger charge is 2.15. The molecule has 4 nitrogen and oxygen atoms in total. The van der Waals surface area contributed by atoms with Gasteiger partial charge in [-0.2, -0.15) is 4.98 Å². The zero-order chi connectivity index (χ0) is 12.9. The van der Waals surface area contributed by atoms with Crippen molar-refractivity contribution < 1.29 is 0 Å². The van der Waals surface area contributed by atoms with Gasteiger partial charge >= 0.3 is 0 Å². The van der Waals surface area contributed by atoms with Crippen LogP contribution in [0, 0.1) is 6.92 Å². The first-order chi connectivity index (χ1) is 7.96. The monoisotopic (exact) mass is 236 g/mol. The maximum absolute atomic E-state index is 4.47. The van der Waals surface area contributed by atoms with Crippen molar-refractivity contribution in [2.75, 3.05) is 17.2 Å². The highest BCUT2D eigenvalue weighted by atomic mass is 15.2. The smallest absolute Gasteiger partial charge is 0.224 e. The highest BCUT2D eigenvalue weighted by molar-refractivity contribution is 5.43. The molecule has 0 atom stereocenters. The SMILES string of the molecule is CCCNc1nc(C)cc(NC(C)(C)CC)n1. The minimum atomic E-state index is 0.0584.